The van der Waals surface area contributed by atoms with E-state index in [-0.39, 0.29) is 18.6 Å². The SMILES string of the molecule is CCC(=O)N1CC(NCCO)CC(C(=O)O)C1. The predicted octanol–water partition coefficient (Wildman–Crippen LogP) is -0.720. The van der Waals surface area contributed by atoms with Crippen molar-refractivity contribution in [2.45, 2.75) is 25.8 Å². The van der Waals surface area contributed by atoms with E-state index < -0.39 is 11.9 Å². The lowest BCUT2D eigenvalue weighted by Crippen LogP contribution is -2.53. The summed E-state index contributed by atoms with van der Waals surface area (Å²) in [4.78, 5) is 24.2. The first kappa shape index (κ1) is 13.9. The molecule has 1 heterocycles. The second kappa shape index (κ2) is 6.56. The lowest BCUT2D eigenvalue weighted by Gasteiger charge is -2.36. The molecule has 0 aromatic rings. The lowest BCUT2D eigenvalue weighted by atomic mass is 9.94. The van der Waals surface area contributed by atoms with E-state index in [2.05, 4.69) is 5.32 Å². The molecule has 1 saturated heterocycles. The Balaban J connectivity index is 2.62. The van der Waals surface area contributed by atoms with Crippen LogP contribution in [0.1, 0.15) is 19.8 Å². The Hall–Kier alpha value is -1.14. The van der Waals surface area contributed by atoms with Crippen molar-refractivity contribution in [3.8, 4) is 0 Å². The third-order valence-corrected chi connectivity index (χ3v) is 3.00. The molecule has 0 radical (unpaired) electrons. The number of hydrogen-bond donors (Lipinski definition) is 3. The zero-order chi connectivity index (χ0) is 12.8. The number of amides is 1. The molecule has 0 aromatic heterocycles. The second-order valence-electron chi connectivity index (χ2n) is 4.30. The molecule has 2 atom stereocenters. The van der Waals surface area contributed by atoms with Gasteiger partial charge in [-0.15, -0.1) is 0 Å². The van der Waals surface area contributed by atoms with E-state index in [1.165, 1.54) is 0 Å². The van der Waals surface area contributed by atoms with Gasteiger partial charge in [-0.25, -0.2) is 0 Å². The van der Waals surface area contributed by atoms with E-state index >= 15 is 0 Å². The van der Waals surface area contributed by atoms with Gasteiger partial charge in [-0.2, -0.15) is 0 Å². The molecule has 1 amide bonds. The van der Waals surface area contributed by atoms with Gasteiger partial charge in [0.25, 0.3) is 0 Å². The van der Waals surface area contributed by atoms with Crippen molar-refractivity contribution in [1.82, 2.24) is 10.2 Å². The van der Waals surface area contributed by atoms with Crippen LogP contribution < -0.4 is 5.32 Å². The summed E-state index contributed by atoms with van der Waals surface area (Å²) in [5.41, 5.74) is 0. The highest BCUT2D eigenvalue weighted by Crippen LogP contribution is 2.18. The van der Waals surface area contributed by atoms with Crippen LogP contribution in [0.3, 0.4) is 0 Å². The highest BCUT2D eigenvalue weighted by atomic mass is 16.4. The zero-order valence-electron chi connectivity index (χ0n) is 10.1. The van der Waals surface area contributed by atoms with Crippen LogP contribution in [0, 0.1) is 5.92 Å². The summed E-state index contributed by atoms with van der Waals surface area (Å²) in [5, 5.41) is 20.8. The van der Waals surface area contributed by atoms with Crippen molar-refractivity contribution in [2.75, 3.05) is 26.2 Å². The van der Waals surface area contributed by atoms with Gasteiger partial charge in [0.05, 0.1) is 12.5 Å². The zero-order valence-corrected chi connectivity index (χ0v) is 10.1. The summed E-state index contributed by atoms with van der Waals surface area (Å²) in [5.74, 6) is -1.41. The van der Waals surface area contributed by atoms with Crippen molar-refractivity contribution >= 4 is 11.9 Å². The molecule has 2 unspecified atom stereocenters. The largest absolute Gasteiger partial charge is 0.481 e. The maximum Gasteiger partial charge on any atom is 0.308 e. The standard InChI is InChI=1S/C11H20N2O4/c1-2-10(15)13-6-8(11(16)17)5-9(7-13)12-3-4-14/h8-9,12,14H,2-7H2,1H3,(H,16,17). The number of rotatable bonds is 5. The smallest absolute Gasteiger partial charge is 0.308 e. The maximum atomic E-state index is 11.6. The van der Waals surface area contributed by atoms with Gasteiger partial charge in [0.15, 0.2) is 0 Å². The van der Waals surface area contributed by atoms with Crippen LogP contribution in [-0.4, -0.2) is 59.3 Å². The maximum absolute atomic E-state index is 11.6. The van der Waals surface area contributed by atoms with E-state index in [0.717, 1.165) is 0 Å². The van der Waals surface area contributed by atoms with Gasteiger partial charge in [0, 0.05) is 32.1 Å². The van der Waals surface area contributed by atoms with Gasteiger partial charge in [-0.1, -0.05) is 6.92 Å². The number of carboxylic acids is 1. The van der Waals surface area contributed by atoms with Crippen LogP contribution in [0.15, 0.2) is 0 Å². The van der Waals surface area contributed by atoms with E-state index in [9.17, 15) is 9.59 Å². The van der Waals surface area contributed by atoms with E-state index in [1.807, 2.05) is 0 Å². The summed E-state index contributed by atoms with van der Waals surface area (Å²) in [7, 11) is 0. The Kier molecular flexibility index (Phi) is 5.37. The summed E-state index contributed by atoms with van der Waals surface area (Å²) in [6, 6.07) is -0.0486. The summed E-state index contributed by atoms with van der Waals surface area (Å²) in [6.45, 7) is 3.01. The quantitative estimate of drug-likeness (QED) is 0.594. The Labute approximate surface area is 101 Å². The molecule has 1 fully saturated rings. The van der Waals surface area contributed by atoms with E-state index in [0.29, 0.717) is 32.5 Å². The third kappa shape index (κ3) is 3.98. The number of carbonyl (C=O) groups excluding carboxylic acids is 1. The number of nitrogens with zero attached hydrogens (tertiary/aromatic N) is 1. The normalized spacial score (nSPS) is 24.7. The molecule has 0 aromatic carbocycles. The number of carboxylic acid groups (broad SMARTS) is 1. The number of hydrogen-bond acceptors (Lipinski definition) is 4. The minimum atomic E-state index is -0.866. The molecule has 0 aliphatic carbocycles. The fraction of sp³-hybridized carbons (Fsp3) is 0.818. The lowest BCUT2D eigenvalue weighted by molar-refractivity contribution is -0.146. The minimum Gasteiger partial charge on any atom is -0.481 e. The summed E-state index contributed by atoms with van der Waals surface area (Å²) in [6.07, 6.45) is 0.891. The van der Waals surface area contributed by atoms with Gasteiger partial charge in [-0.3, -0.25) is 9.59 Å². The molecule has 0 spiro atoms. The number of carbonyl (C=O) groups is 2. The molecule has 1 aliphatic rings. The number of aliphatic hydroxyl groups excluding tert-OH is 1. The molecule has 0 bridgehead atoms. The molecule has 1 rings (SSSR count). The molecule has 17 heavy (non-hydrogen) atoms. The molecular weight excluding hydrogens is 224 g/mol. The molecule has 6 nitrogen and oxygen atoms in total. The summed E-state index contributed by atoms with van der Waals surface area (Å²) >= 11 is 0. The average Bonchev–Trinajstić information content (AvgIpc) is 2.34. The van der Waals surface area contributed by atoms with E-state index in [4.69, 9.17) is 10.2 Å². The van der Waals surface area contributed by atoms with Crippen molar-refractivity contribution < 1.29 is 19.8 Å². The van der Waals surface area contributed by atoms with Crippen molar-refractivity contribution in [1.29, 1.82) is 0 Å². The average molecular weight is 244 g/mol. The first-order valence-corrected chi connectivity index (χ1v) is 5.93. The van der Waals surface area contributed by atoms with Crippen LogP contribution in [0.2, 0.25) is 0 Å². The molecule has 0 saturated carbocycles. The fourth-order valence-electron chi connectivity index (χ4n) is 2.12. The number of aliphatic carboxylic acids is 1. The highest BCUT2D eigenvalue weighted by Gasteiger charge is 2.32. The Bertz CT molecular complexity index is 283. The van der Waals surface area contributed by atoms with E-state index in [1.54, 1.807) is 11.8 Å². The topological polar surface area (TPSA) is 89.9 Å². The molecule has 3 N–H and O–H groups in total. The second-order valence-corrected chi connectivity index (χ2v) is 4.30. The van der Waals surface area contributed by atoms with Crippen LogP contribution in [0.5, 0.6) is 0 Å². The van der Waals surface area contributed by atoms with Crippen LogP contribution >= 0.6 is 0 Å². The predicted molar refractivity (Wildman–Crippen MR) is 61.5 cm³/mol. The first-order valence-electron chi connectivity index (χ1n) is 5.93. The van der Waals surface area contributed by atoms with Gasteiger partial charge in [-0.05, 0) is 6.42 Å². The van der Waals surface area contributed by atoms with Crippen LogP contribution in [0.4, 0.5) is 0 Å². The molecule has 1 aliphatic heterocycles. The molecule has 6 heteroatoms. The minimum absolute atomic E-state index is 0.00988. The third-order valence-electron chi connectivity index (χ3n) is 3.00. The van der Waals surface area contributed by atoms with Crippen molar-refractivity contribution in [3.63, 3.8) is 0 Å². The Morgan fingerprint density at radius 1 is 1.41 bits per heavy atom. The van der Waals surface area contributed by atoms with Gasteiger partial charge in [0.1, 0.15) is 0 Å². The number of piperidine rings is 1. The Morgan fingerprint density at radius 3 is 2.65 bits per heavy atom. The number of nitrogens with one attached hydrogen (secondary N) is 1. The van der Waals surface area contributed by atoms with Gasteiger partial charge in [0.2, 0.25) is 5.91 Å². The fourth-order valence-corrected chi connectivity index (χ4v) is 2.12. The van der Waals surface area contributed by atoms with Crippen LogP contribution in [-0.2, 0) is 9.59 Å². The molecule has 98 valence electrons. The Morgan fingerprint density at radius 2 is 2.12 bits per heavy atom. The van der Waals surface area contributed by atoms with Crippen molar-refractivity contribution in [3.05, 3.63) is 0 Å². The molecular formula is C11H20N2O4. The first-order chi connectivity index (χ1) is 8.08. The van der Waals surface area contributed by atoms with Crippen LogP contribution in [0.25, 0.3) is 0 Å². The van der Waals surface area contributed by atoms with Gasteiger partial charge >= 0.3 is 5.97 Å². The number of aliphatic hydroxyl groups is 1. The highest BCUT2D eigenvalue weighted by molar-refractivity contribution is 5.77. The van der Waals surface area contributed by atoms with Gasteiger partial charge < -0.3 is 20.4 Å². The summed E-state index contributed by atoms with van der Waals surface area (Å²) < 4.78 is 0. The van der Waals surface area contributed by atoms with Crippen molar-refractivity contribution in [2.24, 2.45) is 5.92 Å². The monoisotopic (exact) mass is 244 g/mol. The number of likely N-dealkylation sites (tertiary alicyclic amines) is 1.